The molecule has 1 aromatic heterocycles. The molecule has 1 atom stereocenters. The molecule has 4 nitrogen and oxygen atoms in total. The third kappa shape index (κ3) is 3.02. The highest BCUT2D eigenvalue weighted by Crippen LogP contribution is 2.25. The standard InChI is InChI=1S/C16H24N4/c1-4-9-20-12-18-11-16(20)15(10-17)19(3)14-7-5-13(2)6-8-14/h5-8,11-12,15H,4,9-10,17H2,1-3H3. The quantitative estimate of drug-likeness (QED) is 0.879. The second-order valence-corrected chi connectivity index (χ2v) is 5.21. The van der Waals surface area contributed by atoms with E-state index >= 15 is 0 Å². The number of aryl methyl sites for hydroxylation is 2. The van der Waals surface area contributed by atoms with Gasteiger partial charge in [-0.2, -0.15) is 0 Å². The maximum Gasteiger partial charge on any atom is 0.0948 e. The fourth-order valence-electron chi connectivity index (χ4n) is 2.47. The third-order valence-electron chi connectivity index (χ3n) is 3.68. The van der Waals surface area contributed by atoms with Crippen molar-refractivity contribution < 1.29 is 0 Å². The van der Waals surface area contributed by atoms with Crippen LogP contribution in [0.5, 0.6) is 0 Å². The Morgan fingerprint density at radius 2 is 2.00 bits per heavy atom. The molecule has 0 aliphatic carbocycles. The van der Waals surface area contributed by atoms with Gasteiger partial charge in [0.15, 0.2) is 0 Å². The average molecular weight is 272 g/mol. The first-order valence-electron chi connectivity index (χ1n) is 7.17. The first kappa shape index (κ1) is 14.6. The number of rotatable bonds is 6. The predicted molar refractivity (Wildman–Crippen MR) is 83.9 cm³/mol. The van der Waals surface area contributed by atoms with Crippen LogP contribution in [0.1, 0.15) is 30.6 Å². The Morgan fingerprint density at radius 1 is 1.30 bits per heavy atom. The Kier molecular flexibility index (Phi) is 4.79. The van der Waals surface area contributed by atoms with E-state index < -0.39 is 0 Å². The van der Waals surface area contributed by atoms with Crippen molar-refractivity contribution >= 4 is 5.69 Å². The number of nitrogens with zero attached hydrogens (tertiary/aromatic N) is 3. The van der Waals surface area contributed by atoms with Crippen LogP contribution < -0.4 is 10.6 Å². The van der Waals surface area contributed by atoms with Crippen molar-refractivity contribution in [2.75, 3.05) is 18.5 Å². The normalized spacial score (nSPS) is 12.4. The molecular formula is C16H24N4. The zero-order chi connectivity index (χ0) is 14.5. The lowest BCUT2D eigenvalue weighted by molar-refractivity contribution is 0.578. The molecule has 0 spiro atoms. The van der Waals surface area contributed by atoms with E-state index in [1.165, 1.54) is 16.9 Å². The van der Waals surface area contributed by atoms with E-state index in [1.54, 1.807) is 0 Å². The molecule has 0 radical (unpaired) electrons. The van der Waals surface area contributed by atoms with Crippen LogP contribution in [0.2, 0.25) is 0 Å². The topological polar surface area (TPSA) is 47.1 Å². The van der Waals surface area contributed by atoms with Gasteiger partial charge < -0.3 is 15.2 Å². The van der Waals surface area contributed by atoms with Crippen molar-refractivity contribution in [2.24, 2.45) is 5.73 Å². The van der Waals surface area contributed by atoms with Crippen LogP contribution in [0, 0.1) is 6.92 Å². The van der Waals surface area contributed by atoms with Crippen LogP contribution >= 0.6 is 0 Å². The lowest BCUT2D eigenvalue weighted by Gasteiger charge is -2.30. The summed E-state index contributed by atoms with van der Waals surface area (Å²) in [4.78, 5) is 6.51. The molecule has 2 aromatic rings. The number of benzene rings is 1. The highest BCUT2D eigenvalue weighted by Gasteiger charge is 2.19. The maximum atomic E-state index is 6.01. The van der Waals surface area contributed by atoms with Gasteiger partial charge in [0.2, 0.25) is 0 Å². The van der Waals surface area contributed by atoms with Gasteiger partial charge in [-0.15, -0.1) is 0 Å². The fraction of sp³-hybridized carbons (Fsp3) is 0.438. The van der Waals surface area contributed by atoms with E-state index in [0.29, 0.717) is 6.54 Å². The van der Waals surface area contributed by atoms with Crippen LogP contribution in [0.25, 0.3) is 0 Å². The first-order chi connectivity index (χ1) is 9.67. The summed E-state index contributed by atoms with van der Waals surface area (Å²) in [6.45, 7) is 5.82. The zero-order valence-electron chi connectivity index (χ0n) is 12.6. The van der Waals surface area contributed by atoms with Crippen molar-refractivity contribution in [1.82, 2.24) is 9.55 Å². The highest BCUT2D eigenvalue weighted by molar-refractivity contribution is 5.48. The van der Waals surface area contributed by atoms with Crippen LogP contribution in [-0.2, 0) is 6.54 Å². The summed E-state index contributed by atoms with van der Waals surface area (Å²) >= 11 is 0. The summed E-state index contributed by atoms with van der Waals surface area (Å²) in [5.41, 5.74) is 9.63. The van der Waals surface area contributed by atoms with Gasteiger partial charge in [-0.1, -0.05) is 24.6 Å². The maximum absolute atomic E-state index is 6.01. The molecule has 1 unspecified atom stereocenters. The highest BCUT2D eigenvalue weighted by atomic mass is 15.2. The monoisotopic (exact) mass is 272 g/mol. The van der Waals surface area contributed by atoms with Gasteiger partial charge >= 0.3 is 0 Å². The summed E-state index contributed by atoms with van der Waals surface area (Å²) in [5, 5.41) is 0. The summed E-state index contributed by atoms with van der Waals surface area (Å²) < 4.78 is 2.20. The molecule has 0 fully saturated rings. The first-order valence-corrected chi connectivity index (χ1v) is 7.17. The largest absolute Gasteiger partial charge is 0.365 e. The number of nitrogens with two attached hydrogens (primary N) is 1. The number of aromatic nitrogens is 2. The predicted octanol–water partition coefficient (Wildman–Crippen LogP) is 2.74. The zero-order valence-corrected chi connectivity index (χ0v) is 12.6. The molecule has 1 heterocycles. The minimum Gasteiger partial charge on any atom is -0.365 e. The Morgan fingerprint density at radius 3 is 2.60 bits per heavy atom. The van der Waals surface area contributed by atoms with Gasteiger partial charge in [-0.05, 0) is 25.5 Å². The SMILES string of the molecule is CCCn1cncc1C(CN)N(C)c1ccc(C)cc1. The molecule has 20 heavy (non-hydrogen) atoms. The van der Waals surface area contributed by atoms with Crippen molar-refractivity contribution in [1.29, 1.82) is 0 Å². The van der Waals surface area contributed by atoms with Crippen LogP contribution in [-0.4, -0.2) is 23.1 Å². The van der Waals surface area contributed by atoms with Crippen LogP contribution in [0.3, 0.4) is 0 Å². The van der Waals surface area contributed by atoms with Gasteiger partial charge in [0.05, 0.1) is 24.3 Å². The van der Waals surface area contributed by atoms with E-state index in [-0.39, 0.29) is 6.04 Å². The van der Waals surface area contributed by atoms with Crippen LogP contribution in [0.4, 0.5) is 5.69 Å². The van der Waals surface area contributed by atoms with E-state index in [2.05, 4.69) is 59.6 Å². The molecule has 108 valence electrons. The number of likely N-dealkylation sites (N-methyl/N-ethyl adjacent to an activating group) is 1. The summed E-state index contributed by atoms with van der Waals surface area (Å²) in [7, 11) is 2.09. The summed E-state index contributed by atoms with van der Waals surface area (Å²) in [6.07, 6.45) is 4.91. The molecule has 0 aliphatic rings. The van der Waals surface area contributed by atoms with Crippen molar-refractivity contribution in [2.45, 2.75) is 32.9 Å². The van der Waals surface area contributed by atoms with E-state index in [9.17, 15) is 0 Å². The summed E-state index contributed by atoms with van der Waals surface area (Å²) in [6, 6.07) is 8.68. The number of hydrogen-bond acceptors (Lipinski definition) is 3. The fourth-order valence-corrected chi connectivity index (χ4v) is 2.47. The lowest BCUT2D eigenvalue weighted by Crippen LogP contribution is -2.32. The van der Waals surface area contributed by atoms with Crippen molar-refractivity contribution in [3.8, 4) is 0 Å². The van der Waals surface area contributed by atoms with Gasteiger partial charge in [-0.3, -0.25) is 0 Å². The van der Waals surface area contributed by atoms with Gasteiger partial charge in [-0.25, -0.2) is 4.98 Å². The molecule has 0 saturated heterocycles. The third-order valence-corrected chi connectivity index (χ3v) is 3.68. The minimum absolute atomic E-state index is 0.145. The second-order valence-electron chi connectivity index (χ2n) is 5.21. The molecule has 2 rings (SSSR count). The molecule has 0 saturated carbocycles. The number of imidazole rings is 1. The average Bonchev–Trinajstić information content (AvgIpc) is 2.89. The Balaban J connectivity index is 2.26. The molecular weight excluding hydrogens is 248 g/mol. The smallest absolute Gasteiger partial charge is 0.0948 e. The molecule has 0 amide bonds. The van der Waals surface area contributed by atoms with Gasteiger partial charge in [0.25, 0.3) is 0 Å². The van der Waals surface area contributed by atoms with E-state index in [0.717, 1.165) is 13.0 Å². The van der Waals surface area contributed by atoms with Crippen LogP contribution in [0.15, 0.2) is 36.8 Å². The molecule has 1 aromatic carbocycles. The molecule has 0 bridgehead atoms. The number of anilines is 1. The Labute approximate surface area is 121 Å². The van der Waals surface area contributed by atoms with E-state index in [1.807, 2.05) is 12.5 Å². The van der Waals surface area contributed by atoms with Crippen molar-refractivity contribution in [3.63, 3.8) is 0 Å². The minimum atomic E-state index is 0.145. The number of hydrogen-bond donors (Lipinski definition) is 1. The molecule has 4 heteroatoms. The second kappa shape index (κ2) is 6.57. The Hall–Kier alpha value is -1.81. The summed E-state index contributed by atoms with van der Waals surface area (Å²) in [5.74, 6) is 0. The molecule has 2 N–H and O–H groups in total. The lowest BCUT2D eigenvalue weighted by atomic mass is 10.1. The Bertz CT molecular complexity index is 530. The van der Waals surface area contributed by atoms with Crippen molar-refractivity contribution in [3.05, 3.63) is 48.0 Å². The van der Waals surface area contributed by atoms with Gasteiger partial charge in [0, 0.05) is 25.8 Å². The molecule has 0 aliphatic heterocycles. The van der Waals surface area contributed by atoms with Gasteiger partial charge in [0.1, 0.15) is 0 Å². The van der Waals surface area contributed by atoms with E-state index in [4.69, 9.17) is 5.73 Å².